The zero-order valence-corrected chi connectivity index (χ0v) is 13.1. The molecule has 3 nitrogen and oxygen atoms in total. The van der Waals surface area contributed by atoms with Crippen LogP contribution in [0.1, 0.15) is 31.2 Å². The highest BCUT2D eigenvalue weighted by atomic mass is 79.9. The Kier molecular flexibility index (Phi) is 4.29. The summed E-state index contributed by atoms with van der Waals surface area (Å²) in [5, 5.41) is 4.16. The molecule has 0 bridgehead atoms. The molecule has 1 aromatic rings. The molecule has 1 amide bonds. The van der Waals surface area contributed by atoms with Gasteiger partial charge in [0.25, 0.3) is 5.91 Å². The summed E-state index contributed by atoms with van der Waals surface area (Å²) in [4.78, 5) is 12.4. The lowest BCUT2D eigenvalue weighted by Crippen LogP contribution is -2.47. The first-order chi connectivity index (χ1) is 9.78. The van der Waals surface area contributed by atoms with Gasteiger partial charge in [0.15, 0.2) is 6.10 Å². The van der Waals surface area contributed by atoms with Crippen LogP contribution in [0.5, 0.6) is 5.75 Å². The van der Waals surface area contributed by atoms with Crippen molar-refractivity contribution < 1.29 is 9.53 Å². The highest BCUT2D eigenvalue weighted by Gasteiger charge is 2.32. The number of amides is 1. The molecular formula is C16H20BrNO2. The minimum atomic E-state index is -0.356. The first-order valence-corrected chi connectivity index (χ1v) is 8.51. The standard InChI is InChI=1S/C16H20BrNO2/c17-10-12-6-1-3-7-13(12)18-16(19)15-9-11-5-2-4-8-14(11)20-15/h2,4-5,8,12-13,15H,1,3,6-7,9-10H2,(H,18,19). The molecular weight excluding hydrogens is 318 g/mol. The van der Waals surface area contributed by atoms with E-state index in [4.69, 9.17) is 4.74 Å². The Labute approximate surface area is 128 Å². The first-order valence-electron chi connectivity index (χ1n) is 7.39. The van der Waals surface area contributed by atoms with Crippen LogP contribution in [0.2, 0.25) is 0 Å². The third-order valence-corrected chi connectivity index (χ3v) is 5.21. The first kappa shape index (κ1) is 13.9. The molecule has 0 spiro atoms. The normalized spacial score (nSPS) is 28.6. The molecule has 0 aromatic heterocycles. The molecule has 3 rings (SSSR count). The number of rotatable bonds is 3. The summed E-state index contributed by atoms with van der Waals surface area (Å²) in [6.07, 6.45) is 5.09. The lowest BCUT2D eigenvalue weighted by Gasteiger charge is -2.31. The van der Waals surface area contributed by atoms with Crippen molar-refractivity contribution in [1.29, 1.82) is 0 Å². The SMILES string of the molecule is O=C(NC1CCCCC1CBr)C1Cc2ccccc2O1. The molecule has 3 atom stereocenters. The molecule has 1 saturated carbocycles. The molecule has 3 unspecified atom stereocenters. The number of nitrogens with one attached hydrogen (secondary N) is 1. The summed E-state index contributed by atoms with van der Waals surface area (Å²) in [6.45, 7) is 0. The molecule has 1 fully saturated rings. The van der Waals surface area contributed by atoms with Crippen LogP contribution in [0.25, 0.3) is 0 Å². The Morgan fingerprint density at radius 3 is 2.90 bits per heavy atom. The third kappa shape index (κ3) is 2.85. The maximum atomic E-state index is 12.4. The number of carbonyl (C=O) groups excluding carboxylic acids is 1. The Bertz CT molecular complexity index is 466. The lowest BCUT2D eigenvalue weighted by molar-refractivity contribution is -0.128. The van der Waals surface area contributed by atoms with E-state index in [-0.39, 0.29) is 12.0 Å². The van der Waals surface area contributed by atoms with E-state index in [9.17, 15) is 4.79 Å². The largest absolute Gasteiger partial charge is 0.480 e. The van der Waals surface area contributed by atoms with Gasteiger partial charge >= 0.3 is 0 Å². The van der Waals surface area contributed by atoms with Crippen molar-refractivity contribution in [3.05, 3.63) is 29.8 Å². The minimum Gasteiger partial charge on any atom is -0.480 e. The van der Waals surface area contributed by atoms with Crippen LogP contribution in [0.3, 0.4) is 0 Å². The summed E-state index contributed by atoms with van der Waals surface area (Å²) >= 11 is 3.57. The van der Waals surface area contributed by atoms with Gasteiger partial charge in [0.05, 0.1) is 0 Å². The fourth-order valence-electron chi connectivity index (χ4n) is 3.19. The number of alkyl halides is 1. The summed E-state index contributed by atoms with van der Waals surface area (Å²) in [7, 11) is 0. The minimum absolute atomic E-state index is 0.0408. The summed E-state index contributed by atoms with van der Waals surface area (Å²) < 4.78 is 5.76. The van der Waals surface area contributed by atoms with E-state index >= 15 is 0 Å². The topological polar surface area (TPSA) is 38.3 Å². The molecule has 1 aliphatic carbocycles. The molecule has 0 radical (unpaired) electrons. The fraction of sp³-hybridized carbons (Fsp3) is 0.562. The molecule has 20 heavy (non-hydrogen) atoms. The van der Waals surface area contributed by atoms with Gasteiger partial charge in [0.2, 0.25) is 0 Å². The van der Waals surface area contributed by atoms with E-state index in [1.807, 2.05) is 24.3 Å². The van der Waals surface area contributed by atoms with E-state index in [0.29, 0.717) is 18.4 Å². The van der Waals surface area contributed by atoms with Gasteiger partial charge in [-0.15, -0.1) is 0 Å². The molecule has 0 saturated heterocycles. The average molecular weight is 338 g/mol. The Hall–Kier alpha value is -1.03. The van der Waals surface area contributed by atoms with Crippen LogP contribution in [0, 0.1) is 5.92 Å². The smallest absolute Gasteiger partial charge is 0.261 e. The highest BCUT2D eigenvalue weighted by Crippen LogP contribution is 2.29. The van der Waals surface area contributed by atoms with E-state index in [1.54, 1.807) is 0 Å². The number of ether oxygens (including phenoxy) is 1. The van der Waals surface area contributed by atoms with E-state index in [2.05, 4.69) is 21.2 Å². The van der Waals surface area contributed by atoms with Gasteiger partial charge in [-0.1, -0.05) is 47.0 Å². The van der Waals surface area contributed by atoms with Crippen LogP contribution >= 0.6 is 15.9 Å². The van der Waals surface area contributed by atoms with Gasteiger partial charge in [-0.3, -0.25) is 4.79 Å². The molecule has 1 heterocycles. The molecule has 1 aromatic carbocycles. The number of para-hydroxylation sites is 1. The van der Waals surface area contributed by atoms with Gasteiger partial charge in [-0.2, -0.15) is 0 Å². The third-order valence-electron chi connectivity index (χ3n) is 4.37. The highest BCUT2D eigenvalue weighted by molar-refractivity contribution is 9.09. The summed E-state index contributed by atoms with van der Waals surface area (Å²) in [5.41, 5.74) is 1.13. The van der Waals surface area contributed by atoms with Crippen molar-refractivity contribution in [1.82, 2.24) is 5.32 Å². The molecule has 4 heteroatoms. The van der Waals surface area contributed by atoms with Gasteiger partial charge in [0, 0.05) is 17.8 Å². The number of hydrogen-bond donors (Lipinski definition) is 1. The summed E-state index contributed by atoms with van der Waals surface area (Å²) in [6, 6.07) is 8.20. The lowest BCUT2D eigenvalue weighted by atomic mass is 9.86. The van der Waals surface area contributed by atoms with E-state index < -0.39 is 0 Å². The van der Waals surface area contributed by atoms with Crippen molar-refractivity contribution in [2.24, 2.45) is 5.92 Å². The molecule has 1 N–H and O–H groups in total. The summed E-state index contributed by atoms with van der Waals surface area (Å²) in [5.74, 6) is 1.45. The van der Waals surface area contributed by atoms with Crippen LogP contribution < -0.4 is 10.1 Å². The van der Waals surface area contributed by atoms with Crippen LogP contribution in [-0.4, -0.2) is 23.4 Å². The fourth-order valence-corrected chi connectivity index (χ4v) is 3.96. The second-order valence-corrected chi connectivity index (χ2v) is 6.38. The molecule has 2 aliphatic rings. The van der Waals surface area contributed by atoms with Gasteiger partial charge in [-0.05, 0) is 30.4 Å². The number of benzene rings is 1. The maximum Gasteiger partial charge on any atom is 0.261 e. The second kappa shape index (κ2) is 6.17. The van der Waals surface area contributed by atoms with Crippen molar-refractivity contribution in [2.75, 3.05) is 5.33 Å². The number of hydrogen-bond acceptors (Lipinski definition) is 2. The van der Waals surface area contributed by atoms with Gasteiger partial charge in [0.1, 0.15) is 5.75 Å². The number of fused-ring (bicyclic) bond motifs is 1. The Balaban J connectivity index is 1.60. The number of halogens is 1. The predicted octanol–water partition coefficient (Wildman–Crippen LogP) is 3.06. The van der Waals surface area contributed by atoms with Crippen molar-refractivity contribution in [3.8, 4) is 5.75 Å². The van der Waals surface area contributed by atoms with Crippen molar-refractivity contribution >= 4 is 21.8 Å². The quantitative estimate of drug-likeness (QED) is 0.861. The predicted molar refractivity (Wildman–Crippen MR) is 82.2 cm³/mol. The maximum absolute atomic E-state index is 12.4. The Morgan fingerprint density at radius 2 is 2.10 bits per heavy atom. The van der Waals surface area contributed by atoms with Crippen molar-refractivity contribution in [2.45, 2.75) is 44.2 Å². The molecule has 108 valence electrons. The van der Waals surface area contributed by atoms with Crippen molar-refractivity contribution in [3.63, 3.8) is 0 Å². The Morgan fingerprint density at radius 1 is 1.30 bits per heavy atom. The van der Waals surface area contributed by atoms with E-state index in [0.717, 1.165) is 23.1 Å². The van der Waals surface area contributed by atoms with Crippen LogP contribution in [0.4, 0.5) is 0 Å². The van der Waals surface area contributed by atoms with Crippen LogP contribution in [0.15, 0.2) is 24.3 Å². The second-order valence-electron chi connectivity index (χ2n) is 5.73. The van der Waals surface area contributed by atoms with E-state index in [1.165, 1.54) is 19.3 Å². The zero-order chi connectivity index (χ0) is 13.9. The average Bonchev–Trinajstić information content (AvgIpc) is 2.92. The monoisotopic (exact) mass is 337 g/mol. The van der Waals surface area contributed by atoms with Gasteiger partial charge < -0.3 is 10.1 Å². The van der Waals surface area contributed by atoms with Gasteiger partial charge in [-0.25, -0.2) is 0 Å². The molecule has 1 aliphatic heterocycles. The zero-order valence-electron chi connectivity index (χ0n) is 11.5. The van der Waals surface area contributed by atoms with Crippen LogP contribution in [-0.2, 0) is 11.2 Å². The number of carbonyl (C=O) groups is 1.